The molecule has 6 nitrogen and oxygen atoms in total. The summed E-state index contributed by atoms with van der Waals surface area (Å²) in [5, 5.41) is 15.4. The molecular formula is C6H14N4O2. The van der Waals surface area contributed by atoms with Crippen LogP contribution in [-0.2, 0) is 4.79 Å². The second-order valence-corrected chi connectivity index (χ2v) is 2.74. The lowest BCUT2D eigenvalue weighted by Crippen LogP contribution is -2.52. The standard InChI is InChI=1S/C6H14N4O2/c1-3(2)4(5(11)12)9-10-6(7)8/h3-4,9H,1-2H3,(H,11,12)(H4,7,8,10)/t4-/m0/s1. The minimum atomic E-state index is -0.973. The van der Waals surface area contributed by atoms with Crippen LogP contribution in [0.3, 0.4) is 0 Å². The van der Waals surface area contributed by atoms with Crippen molar-refractivity contribution < 1.29 is 9.90 Å². The van der Waals surface area contributed by atoms with E-state index in [-0.39, 0.29) is 11.9 Å². The number of nitrogens with one attached hydrogen (secondary N) is 3. The van der Waals surface area contributed by atoms with Gasteiger partial charge in [0, 0.05) is 0 Å². The van der Waals surface area contributed by atoms with Gasteiger partial charge in [-0.3, -0.25) is 15.6 Å². The second-order valence-electron chi connectivity index (χ2n) is 2.74. The topological polar surface area (TPSA) is 111 Å². The number of hydrogen-bond donors (Lipinski definition) is 5. The Kier molecular flexibility index (Phi) is 4.06. The summed E-state index contributed by atoms with van der Waals surface area (Å²) in [6, 6.07) is -0.742. The van der Waals surface area contributed by atoms with Crippen LogP contribution in [0.15, 0.2) is 0 Å². The predicted molar refractivity (Wildman–Crippen MR) is 44.4 cm³/mol. The van der Waals surface area contributed by atoms with Crippen molar-refractivity contribution in [3.8, 4) is 0 Å². The molecule has 0 fully saturated rings. The fourth-order valence-corrected chi connectivity index (χ4v) is 0.669. The summed E-state index contributed by atoms with van der Waals surface area (Å²) in [5.41, 5.74) is 9.62. The molecule has 0 bridgehead atoms. The predicted octanol–water partition coefficient (Wildman–Crippen LogP) is -0.917. The fourth-order valence-electron chi connectivity index (χ4n) is 0.669. The largest absolute Gasteiger partial charge is 0.480 e. The number of hydrogen-bond acceptors (Lipinski definition) is 3. The molecule has 0 aromatic rings. The molecule has 6 heteroatoms. The van der Waals surface area contributed by atoms with Crippen molar-refractivity contribution in [3.05, 3.63) is 0 Å². The van der Waals surface area contributed by atoms with Crippen molar-refractivity contribution in [2.45, 2.75) is 19.9 Å². The highest BCUT2D eigenvalue weighted by Gasteiger charge is 2.20. The summed E-state index contributed by atoms with van der Waals surface area (Å²) in [6.45, 7) is 3.52. The van der Waals surface area contributed by atoms with Gasteiger partial charge in [-0.25, -0.2) is 5.43 Å². The molecule has 0 saturated heterocycles. The Labute approximate surface area is 70.6 Å². The van der Waals surface area contributed by atoms with Crippen LogP contribution < -0.4 is 16.6 Å². The van der Waals surface area contributed by atoms with Crippen molar-refractivity contribution >= 4 is 11.9 Å². The molecule has 0 aliphatic rings. The SMILES string of the molecule is CC(C)[C@H](NNC(=N)N)C(=O)O. The molecule has 0 spiro atoms. The molecule has 0 saturated carbocycles. The normalized spacial score (nSPS) is 12.6. The smallest absolute Gasteiger partial charge is 0.322 e. The van der Waals surface area contributed by atoms with Gasteiger partial charge < -0.3 is 10.8 Å². The number of hydrazine groups is 1. The van der Waals surface area contributed by atoms with E-state index in [4.69, 9.17) is 16.2 Å². The first-order valence-electron chi connectivity index (χ1n) is 3.53. The van der Waals surface area contributed by atoms with Gasteiger partial charge in [-0.1, -0.05) is 13.8 Å². The van der Waals surface area contributed by atoms with E-state index in [0.29, 0.717) is 0 Å². The summed E-state index contributed by atoms with van der Waals surface area (Å²) >= 11 is 0. The van der Waals surface area contributed by atoms with Crippen molar-refractivity contribution in [1.82, 2.24) is 10.9 Å². The van der Waals surface area contributed by atoms with Crippen LogP contribution >= 0.6 is 0 Å². The van der Waals surface area contributed by atoms with Crippen LogP contribution in [0.1, 0.15) is 13.8 Å². The maximum Gasteiger partial charge on any atom is 0.322 e. The zero-order valence-corrected chi connectivity index (χ0v) is 7.09. The molecule has 6 N–H and O–H groups in total. The Morgan fingerprint density at radius 3 is 2.33 bits per heavy atom. The Morgan fingerprint density at radius 2 is 2.08 bits per heavy atom. The van der Waals surface area contributed by atoms with Gasteiger partial charge in [0.2, 0.25) is 0 Å². The molecule has 0 heterocycles. The number of carboxylic acids is 1. The molecule has 0 aliphatic heterocycles. The minimum absolute atomic E-state index is 0.0747. The number of rotatable bonds is 4. The van der Waals surface area contributed by atoms with Crippen LogP contribution in [-0.4, -0.2) is 23.1 Å². The number of aliphatic carboxylic acids is 1. The van der Waals surface area contributed by atoms with Gasteiger partial charge in [-0.2, -0.15) is 0 Å². The van der Waals surface area contributed by atoms with E-state index in [1.54, 1.807) is 13.8 Å². The average molecular weight is 174 g/mol. The van der Waals surface area contributed by atoms with Crippen molar-refractivity contribution in [1.29, 1.82) is 5.41 Å². The van der Waals surface area contributed by atoms with E-state index in [0.717, 1.165) is 0 Å². The van der Waals surface area contributed by atoms with Gasteiger partial charge in [-0.05, 0) is 5.92 Å². The van der Waals surface area contributed by atoms with Crippen LogP contribution in [0, 0.1) is 11.3 Å². The van der Waals surface area contributed by atoms with E-state index in [9.17, 15) is 4.79 Å². The van der Waals surface area contributed by atoms with E-state index < -0.39 is 12.0 Å². The van der Waals surface area contributed by atoms with Gasteiger partial charge in [0.05, 0.1) is 0 Å². The van der Waals surface area contributed by atoms with Gasteiger partial charge in [-0.15, -0.1) is 0 Å². The third kappa shape index (κ3) is 3.77. The first kappa shape index (κ1) is 10.7. The Balaban J connectivity index is 3.97. The van der Waals surface area contributed by atoms with Gasteiger partial charge in [0.15, 0.2) is 5.96 Å². The second kappa shape index (κ2) is 4.55. The van der Waals surface area contributed by atoms with E-state index in [1.165, 1.54) is 0 Å². The Morgan fingerprint density at radius 1 is 1.58 bits per heavy atom. The molecule has 12 heavy (non-hydrogen) atoms. The monoisotopic (exact) mass is 174 g/mol. The molecule has 70 valence electrons. The number of guanidine groups is 1. The highest BCUT2D eigenvalue weighted by Crippen LogP contribution is 1.99. The molecule has 0 amide bonds. The van der Waals surface area contributed by atoms with Gasteiger partial charge in [0.25, 0.3) is 0 Å². The zero-order chi connectivity index (χ0) is 9.72. The van der Waals surface area contributed by atoms with E-state index >= 15 is 0 Å². The quantitative estimate of drug-likeness (QED) is 0.215. The first-order valence-corrected chi connectivity index (χ1v) is 3.53. The fraction of sp³-hybridized carbons (Fsp3) is 0.667. The molecule has 0 rings (SSSR count). The highest BCUT2D eigenvalue weighted by atomic mass is 16.4. The van der Waals surface area contributed by atoms with Gasteiger partial charge >= 0.3 is 5.97 Å². The maximum absolute atomic E-state index is 10.5. The molecule has 0 aromatic carbocycles. The van der Waals surface area contributed by atoms with Crippen molar-refractivity contribution in [3.63, 3.8) is 0 Å². The molecule has 1 atom stereocenters. The molecular weight excluding hydrogens is 160 g/mol. The molecule has 0 unspecified atom stereocenters. The minimum Gasteiger partial charge on any atom is -0.480 e. The van der Waals surface area contributed by atoms with Crippen molar-refractivity contribution in [2.24, 2.45) is 11.7 Å². The van der Waals surface area contributed by atoms with Gasteiger partial charge in [0.1, 0.15) is 6.04 Å². The van der Waals surface area contributed by atoms with Crippen LogP contribution in [0.2, 0.25) is 0 Å². The van der Waals surface area contributed by atoms with Crippen molar-refractivity contribution in [2.75, 3.05) is 0 Å². The summed E-state index contributed by atoms with van der Waals surface area (Å²) in [4.78, 5) is 10.5. The first-order chi connectivity index (χ1) is 5.45. The maximum atomic E-state index is 10.5. The number of carbonyl (C=O) groups is 1. The Bertz CT molecular complexity index is 180. The van der Waals surface area contributed by atoms with E-state index in [2.05, 4.69) is 10.9 Å². The summed E-state index contributed by atoms with van der Waals surface area (Å²) in [6.07, 6.45) is 0. The Hall–Kier alpha value is -1.30. The van der Waals surface area contributed by atoms with Crippen LogP contribution in [0.4, 0.5) is 0 Å². The molecule has 0 radical (unpaired) electrons. The molecule has 0 aliphatic carbocycles. The number of nitrogens with two attached hydrogens (primary N) is 1. The molecule has 0 aromatic heterocycles. The summed E-state index contributed by atoms with van der Waals surface area (Å²) in [7, 11) is 0. The summed E-state index contributed by atoms with van der Waals surface area (Å²) < 4.78 is 0. The van der Waals surface area contributed by atoms with Crippen LogP contribution in [0.5, 0.6) is 0 Å². The number of carboxylic acid groups (broad SMARTS) is 1. The lowest BCUT2D eigenvalue weighted by molar-refractivity contribution is -0.140. The average Bonchev–Trinajstić information content (AvgIpc) is 1.84. The summed E-state index contributed by atoms with van der Waals surface area (Å²) in [5.74, 6) is -1.35. The van der Waals surface area contributed by atoms with Crippen LogP contribution in [0.25, 0.3) is 0 Å². The highest BCUT2D eigenvalue weighted by molar-refractivity contribution is 5.76. The lowest BCUT2D eigenvalue weighted by atomic mass is 10.1. The van der Waals surface area contributed by atoms with E-state index in [1.807, 2.05) is 0 Å². The zero-order valence-electron chi connectivity index (χ0n) is 7.09. The third-order valence-electron chi connectivity index (χ3n) is 1.30. The third-order valence-corrected chi connectivity index (χ3v) is 1.30. The lowest BCUT2D eigenvalue weighted by Gasteiger charge is -2.17.